The number of carbonyl (C=O) groups excluding carboxylic acids is 1. The van der Waals surface area contributed by atoms with Crippen molar-refractivity contribution in [2.45, 2.75) is 13.8 Å². The Morgan fingerprint density at radius 3 is 2.80 bits per heavy atom. The number of esters is 1. The van der Waals surface area contributed by atoms with Crippen LogP contribution in [-0.4, -0.2) is 22.7 Å². The average Bonchev–Trinajstić information content (AvgIpc) is 2.66. The minimum absolute atomic E-state index is 0.353. The van der Waals surface area contributed by atoms with Crippen LogP contribution in [0.1, 0.15) is 21.6 Å². The Bertz CT molecular complexity index is 529. The van der Waals surface area contributed by atoms with Crippen LogP contribution in [0.15, 0.2) is 18.3 Å². The predicted octanol–water partition coefficient (Wildman–Crippen LogP) is 1.74. The van der Waals surface area contributed by atoms with E-state index in [1.54, 1.807) is 4.52 Å². The number of carbonyl (C=O) groups is 1. The molecule has 2 aromatic heterocycles. The second-order valence-corrected chi connectivity index (χ2v) is 3.45. The van der Waals surface area contributed by atoms with E-state index in [1.165, 1.54) is 13.3 Å². The van der Waals surface area contributed by atoms with Crippen molar-refractivity contribution in [3.8, 4) is 0 Å². The molecule has 15 heavy (non-hydrogen) atoms. The third-order valence-corrected chi connectivity index (χ3v) is 2.59. The van der Waals surface area contributed by atoms with Gasteiger partial charge in [-0.25, -0.2) is 9.31 Å². The molecule has 0 aliphatic heterocycles. The van der Waals surface area contributed by atoms with Crippen molar-refractivity contribution in [3.05, 3.63) is 35.2 Å². The largest absolute Gasteiger partial charge is 0.465 e. The monoisotopic (exact) mass is 204 g/mol. The molecule has 0 aliphatic rings. The third kappa shape index (κ3) is 1.38. The third-order valence-electron chi connectivity index (χ3n) is 2.59. The maximum atomic E-state index is 11.4. The van der Waals surface area contributed by atoms with E-state index in [-0.39, 0.29) is 5.97 Å². The highest BCUT2D eigenvalue weighted by molar-refractivity contribution is 5.96. The molecule has 4 nitrogen and oxygen atoms in total. The summed E-state index contributed by atoms with van der Waals surface area (Å²) in [5, 5.41) is 4.16. The number of aryl methyl sites for hydroxylation is 2. The van der Waals surface area contributed by atoms with Gasteiger partial charge in [-0.1, -0.05) is 6.07 Å². The first-order valence-corrected chi connectivity index (χ1v) is 4.67. The van der Waals surface area contributed by atoms with Crippen LogP contribution < -0.4 is 0 Å². The van der Waals surface area contributed by atoms with Gasteiger partial charge in [0.1, 0.15) is 5.56 Å². The summed E-state index contributed by atoms with van der Waals surface area (Å²) in [6.45, 7) is 3.98. The number of hydrogen-bond donors (Lipinski definition) is 0. The van der Waals surface area contributed by atoms with Gasteiger partial charge in [0.2, 0.25) is 0 Å². The van der Waals surface area contributed by atoms with Crippen molar-refractivity contribution < 1.29 is 9.53 Å². The molecule has 0 N–H and O–H groups in total. The fraction of sp³-hybridized carbons (Fsp3) is 0.273. The summed E-state index contributed by atoms with van der Waals surface area (Å²) < 4.78 is 6.43. The lowest BCUT2D eigenvalue weighted by molar-refractivity contribution is 0.0603. The lowest BCUT2D eigenvalue weighted by atomic mass is 10.2. The molecule has 0 saturated heterocycles. The van der Waals surface area contributed by atoms with Crippen LogP contribution in [0, 0.1) is 13.8 Å². The molecule has 2 rings (SSSR count). The van der Waals surface area contributed by atoms with E-state index < -0.39 is 0 Å². The molecule has 2 heterocycles. The van der Waals surface area contributed by atoms with Gasteiger partial charge >= 0.3 is 5.97 Å². The van der Waals surface area contributed by atoms with E-state index in [4.69, 9.17) is 0 Å². The van der Waals surface area contributed by atoms with E-state index >= 15 is 0 Å². The Labute approximate surface area is 87.5 Å². The van der Waals surface area contributed by atoms with E-state index in [2.05, 4.69) is 9.84 Å². The van der Waals surface area contributed by atoms with E-state index in [0.717, 1.165) is 16.8 Å². The van der Waals surface area contributed by atoms with Gasteiger partial charge in [-0.15, -0.1) is 0 Å². The molecule has 0 amide bonds. The van der Waals surface area contributed by atoms with Crippen LogP contribution >= 0.6 is 0 Å². The highest BCUT2D eigenvalue weighted by atomic mass is 16.5. The summed E-state index contributed by atoms with van der Waals surface area (Å²) in [5.41, 5.74) is 3.45. The van der Waals surface area contributed by atoms with E-state index in [9.17, 15) is 4.79 Å². The van der Waals surface area contributed by atoms with Gasteiger partial charge in [0.25, 0.3) is 0 Å². The molecule has 0 unspecified atom stereocenters. The summed E-state index contributed by atoms with van der Waals surface area (Å²) in [6, 6.07) is 3.85. The summed E-state index contributed by atoms with van der Waals surface area (Å²) in [7, 11) is 1.37. The zero-order valence-electron chi connectivity index (χ0n) is 8.94. The lowest BCUT2D eigenvalue weighted by Crippen LogP contribution is -2.01. The highest BCUT2D eigenvalue weighted by Crippen LogP contribution is 2.15. The SMILES string of the molecule is COC(=O)c1cnn2c(C)c(C)ccc12. The van der Waals surface area contributed by atoms with Crippen molar-refractivity contribution in [1.82, 2.24) is 9.61 Å². The number of pyridine rings is 1. The first-order chi connectivity index (χ1) is 7.15. The minimum Gasteiger partial charge on any atom is -0.465 e. The number of nitrogens with zero attached hydrogens (tertiary/aromatic N) is 2. The minimum atomic E-state index is -0.353. The van der Waals surface area contributed by atoms with Crippen LogP contribution in [0.2, 0.25) is 0 Å². The molecule has 78 valence electrons. The van der Waals surface area contributed by atoms with Gasteiger partial charge in [0, 0.05) is 5.69 Å². The Hall–Kier alpha value is -1.84. The van der Waals surface area contributed by atoms with E-state index in [1.807, 2.05) is 26.0 Å². The maximum Gasteiger partial charge on any atom is 0.341 e. The van der Waals surface area contributed by atoms with Crippen LogP contribution in [-0.2, 0) is 4.74 Å². The first kappa shape index (κ1) is 9.71. The quantitative estimate of drug-likeness (QED) is 0.664. The van der Waals surface area contributed by atoms with Crippen LogP contribution in [0.5, 0.6) is 0 Å². The number of aromatic nitrogens is 2. The Morgan fingerprint density at radius 1 is 1.40 bits per heavy atom. The predicted molar refractivity (Wildman–Crippen MR) is 56.0 cm³/mol. The van der Waals surface area contributed by atoms with Crippen molar-refractivity contribution >= 4 is 11.5 Å². The second kappa shape index (κ2) is 3.38. The number of methoxy groups -OCH3 is 1. The maximum absolute atomic E-state index is 11.4. The number of ether oxygens (including phenoxy) is 1. The van der Waals surface area contributed by atoms with Crippen LogP contribution in [0.3, 0.4) is 0 Å². The Balaban J connectivity index is 2.72. The molecule has 0 aromatic carbocycles. The normalized spacial score (nSPS) is 10.6. The second-order valence-electron chi connectivity index (χ2n) is 3.45. The summed E-state index contributed by atoms with van der Waals surface area (Å²) in [5.74, 6) is -0.353. The topological polar surface area (TPSA) is 43.6 Å². The molecule has 4 heteroatoms. The number of hydrogen-bond acceptors (Lipinski definition) is 3. The molecular formula is C11H12N2O2. The van der Waals surface area contributed by atoms with Crippen LogP contribution in [0.4, 0.5) is 0 Å². The molecule has 0 saturated carbocycles. The fourth-order valence-electron chi connectivity index (χ4n) is 1.54. The first-order valence-electron chi connectivity index (χ1n) is 4.67. The van der Waals surface area contributed by atoms with Crippen molar-refractivity contribution in [3.63, 3.8) is 0 Å². The Kier molecular flexibility index (Phi) is 2.19. The van der Waals surface area contributed by atoms with Gasteiger partial charge in [-0.3, -0.25) is 0 Å². The van der Waals surface area contributed by atoms with Crippen molar-refractivity contribution in [2.75, 3.05) is 7.11 Å². The van der Waals surface area contributed by atoms with E-state index in [0.29, 0.717) is 5.56 Å². The van der Waals surface area contributed by atoms with Gasteiger partial charge < -0.3 is 4.74 Å². The Morgan fingerprint density at radius 2 is 2.13 bits per heavy atom. The smallest absolute Gasteiger partial charge is 0.341 e. The highest BCUT2D eigenvalue weighted by Gasteiger charge is 2.13. The summed E-state index contributed by atoms with van der Waals surface area (Å²) in [6.07, 6.45) is 1.54. The van der Waals surface area contributed by atoms with Gasteiger partial charge in [0.05, 0.1) is 18.8 Å². The molecule has 2 aromatic rings. The van der Waals surface area contributed by atoms with Crippen LogP contribution in [0.25, 0.3) is 5.52 Å². The van der Waals surface area contributed by atoms with Gasteiger partial charge in [0.15, 0.2) is 0 Å². The van der Waals surface area contributed by atoms with Gasteiger partial charge in [-0.05, 0) is 25.5 Å². The molecule has 0 fully saturated rings. The number of rotatable bonds is 1. The van der Waals surface area contributed by atoms with Crippen molar-refractivity contribution in [1.29, 1.82) is 0 Å². The van der Waals surface area contributed by atoms with Gasteiger partial charge in [-0.2, -0.15) is 5.10 Å². The fourth-order valence-corrected chi connectivity index (χ4v) is 1.54. The zero-order valence-corrected chi connectivity index (χ0v) is 8.94. The molecule has 0 aliphatic carbocycles. The average molecular weight is 204 g/mol. The standard InChI is InChI=1S/C11H12N2O2/c1-7-4-5-10-9(11(14)15-3)6-12-13(10)8(7)2/h4-6H,1-3H3. The summed E-state index contributed by atoms with van der Waals surface area (Å²) in [4.78, 5) is 11.4. The molecular weight excluding hydrogens is 192 g/mol. The van der Waals surface area contributed by atoms with Crippen molar-refractivity contribution in [2.24, 2.45) is 0 Å². The molecule has 0 atom stereocenters. The summed E-state index contributed by atoms with van der Waals surface area (Å²) >= 11 is 0. The zero-order chi connectivity index (χ0) is 11.0. The number of fused-ring (bicyclic) bond motifs is 1. The molecule has 0 bridgehead atoms. The molecule has 0 radical (unpaired) electrons. The lowest BCUT2D eigenvalue weighted by Gasteiger charge is -2.03. The molecule has 0 spiro atoms.